The predicted octanol–water partition coefficient (Wildman–Crippen LogP) is 6.32. The largest absolute Gasteiger partial charge is 0.493 e. The summed E-state index contributed by atoms with van der Waals surface area (Å²) in [4.78, 5) is 34.4. The van der Waals surface area contributed by atoms with Crippen LogP contribution in [0.3, 0.4) is 0 Å². The second kappa shape index (κ2) is 20.9. The van der Waals surface area contributed by atoms with E-state index in [1.165, 1.54) is 13.0 Å². The first-order valence-corrected chi connectivity index (χ1v) is 17.4. The van der Waals surface area contributed by atoms with Gasteiger partial charge in [0.2, 0.25) is 0 Å². The first-order valence-electron chi connectivity index (χ1n) is 16.8. The molecule has 0 bridgehead atoms. The number of rotatable bonds is 10. The first kappa shape index (κ1) is 42.6. The summed E-state index contributed by atoms with van der Waals surface area (Å²) in [6.07, 6.45) is 1.85. The number of alkyl halides is 3. The van der Waals surface area contributed by atoms with Crippen LogP contribution in [0, 0.1) is 0 Å². The van der Waals surface area contributed by atoms with Crippen LogP contribution in [-0.2, 0) is 15.7 Å². The number of nitrogens with zero attached hydrogens (tertiary/aromatic N) is 3. The van der Waals surface area contributed by atoms with Gasteiger partial charge < -0.3 is 24.8 Å². The lowest BCUT2D eigenvalue weighted by Gasteiger charge is -2.38. The van der Waals surface area contributed by atoms with E-state index in [1.807, 2.05) is 51.1 Å². The summed E-state index contributed by atoms with van der Waals surface area (Å²) in [5.74, 6) is 0.214. The summed E-state index contributed by atoms with van der Waals surface area (Å²) in [7, 11) is 5.88. The monoisotopic (exact) mass is 720 g/mol. The maximum atomic E-state index is 14.6. The Morgan fingerprint density at radius 1 is 1.10 bits per heavy atom. The zero-order chi connectivity index (χ0) is 37.4. The molecule has 0 aromatic heterocycles. The minimum absolute atomic E-state index is 0.0244. The number of carbonyl (C=O) groups is 2. The van der Waals surface area contributed by atoms with E-state index in [0.717, 1.165) is 23.0 Å². The number of piperidine rings is 1. The first-order chi connectivity index (χ1) is 23.9. The molecule has 2 aliphatic rings. The highest BCUT2D eigenvalue weighted by atomic mass is 31.0. The number of benzene rings is 2. The average Bonchev–Trinajstić information content (AvgIpc) is 3.49. The topological polar surface area (TPSA) is 104 Å². The number of methoxy groups -OCH3 is 1. The molecule has 2 N–H and O–H groups in total. The lowest BCUT2D eigenvalue weighted by molar-refractivity contribution is -0.137. The van der Waals surface area contributed by atoms with Crippen molar-refractivity contribution in [3.05, 3.63) is 83.0 Å². The van der Waals surface area contributed by atoms with Gasteiger partial charge in [-0.25, -0.2) is 4.79 Å². The van der Waals surface area contributed by atoms with E-state index in [4.69, 9.17) is 9.73 Å². The third kappa shape index (κ3) is 11.5. The molecule has 3 unspecified atom stereocenters. The summed E-state index contributed by atoms with van der Waals surface area (Å²) in [6.45, 7) is 10.0. The number of allylic oxidation sites excluding steroid dienone is 1. The van der Waals surface area contributed by atoms with Gasteiger partial charge in [-0.2, -0.15) is 13.2 Å². The minimum Gasteiger partial charge on any atom is -0.493 e. The molecule has 1 saturated heterocycles. The Morgan fingerprint density at radius 3 is 2.24 bits per heavy atom. The van der Waals surface area contributed by atoms with Crippen molar-refractivity contribution >= 4 is 32.2 Å². The molecule has 0 spiro atoms. The van der Waals surface area contributed by atoms with Gasteiger partial charge in [0, 0.05) is 33.4 Å². The van der Waals surface area contributed by atoms with Gasteiger partial charge in [-0.3, -0.25) is 14.7 Å². The fourth-order valence-corrected chi connectivity index (χ4v) is 5.85. The molecule has 3 atom stereocenters. The number of hydrogen-bond donors (Lipinski definition) is 2. The third-order valence-electron chi connectivity index (χ3n) is 7.90. The molecule has 0 radical (unpaired) electrons. The Bertz CT molecular complexity index is 1470. The maximum Gasteiger partial charge on any atom is 0.416 e. The molecule has 4 rings (SSSR count). The van der Waals surface area contributed by atoms with E-state index >= 15 is 0 Å². The fourth-order valence-electron chi connectivity index (χ4n) is 5.66. The van der Waals surface area contributed by atoms with E-state index in [-0.39, 0.29) is 54.8 Å². The average molecular weight is 721 g/mol. The zero-order valence-corrected chi connectivity index (χ0v) is 31.2. The van der Waals surface area contributed by atoms with Crippen LogP contribution in [0.25, 0.3) is 0 Å². The van der Waals surface area contributed by atoms with E-state index in [2.05, 4.69) is 19.3 Å². The highest BCUT2D eigenvalue weighted by Crippen LogP contribution is 2.41. The number of amidine groups is 1. The number of carbonyl (C=O) groups excluding carboxylic acids is 2. The summed E-state index contributed by atoms with van der Waals surface area (Å²) < 4.78 is 51.2. The number of urea groups is 1. The van der Waals surface area contributed by atoms with Crippen LogP contribution in [0.2, 0.25) is 0 Å². The SMILES string of the molecule is C/C=C(\C=C/CO)C1C(c2ccc(P)cc2)N=C(c2ccc(C(F)(F)F)cc2OCC)N1C(=O)N1CCC(NCC(C)=O)CC1.CC.COC. The summed E-state index contributed by atoms with van der Waals surface area (Å²) in [5, 5.41) is 13.8. The van der Waals surface area contributed by atoms with Crippen LogP contribution in [0.4, 0.5) is 18.0 Å². The Hall–Kier alpha value is -3.57. The number of amides is 2. The molecule has 0 aliphatic carbocycles. The van der Waals surface area contributed by atoms with Gasteiger partial charge in [0.15, 0.2) is 0 Å². The second-order valence-electron chi connectivity index (χ2n) is 11.4. The smallest absolute Gasteiger partial charge is 0.416 e. The van der Waals surface area contributed by atoms with Crippen LogP contribution >= 0.6 is 9.24 Å². The highest BCUT2D eigenvalue weighted by Gasteiger charge is 2.45. The van der Waals surface area contributed by atoms with Gasteiger partial charge in [-0.05, 0) is 68.3 Å². The van der Waals surface area contributed by atoms with Gasteiger partial charge in [-0.1, -0.05) is 56.3 Å². The van der Waals surface area contributed by atoms with Crippen molar-refractivity contribution in [2.45, 2.75) is 71.8 Å². The van der Waals surface area contributed by atoms with Crippen LogP contribution in [0.15, 0.2) is 71.3 Å². The fraction of sp³-hybridized carbons (Fsp3) is 0.486. The van der Waals surface area contributed by atoms with Crippen LogP contribution in [0.1, 0.15) is 70.2 Å². The van der Waals surface area contributed by atoms with Crippen LogP contribution in [0.5, 0.6) is 5.75 Å². The molecule has 13 heteroatoms. The number of aliphatic hydroxyl groups is 1. The number of ether oxygens (including phenoxy) is 2. The van der Waals surface area contributed by atoms with Gasteiger partial charge in [0.25, 0.3) is 0 Å². The predicted molar refractivity (Wildman–Crippen MR) is 196 cm³/mol. The number of likely N-dealkylation sites (tertiary alicyclic amines) is 1. The quantitative estimate of drug-likeness (QED) is 0.220. The number of aliphatic imine (C=N–C) groups is 1. The molecular weight excluding hydrogens is 668 g/mol. The molecule has 2 aromatic rings. The normalized spacial score (nSPS) is 18.2. The molecule has 2 aliphatic heterocycles. The van der Waals surface area contributed by atoms with E-state index < -0.39 is 23.8 Å². The van der Waals surface area contributed by atoms with Crippen molar-refractivity contribution in [1.29, 1.82) is 0 Å². The Morgan fingerprint density at radius 2 is 1.72 bits per heavy atom. The summed E-state index contributed by atoms with van der Waals surface area (Å²) in [6, 6.07) is 9.38. The van der Waals surface area contributed by atoms with E-state index in [0.29, 0.717) is 31.5 Å². The molecule has 2 amide bonds. The standard InChI is InChI=1S/C33H40F3N4O4P.C2H6O.C2H6/c1-4-22(7-6-18-41)30-29(23-8-11-26(45)12-9-23)38-31(27-13-10-24(33(34,35)36)19-28(27)44-5-2)40(30)32(43)39-16-14-25(15-17-39)37-20-21(3)42;1-3-2;1-2/h4,6-13,19,25,29-30,37,41H,5,14-18,20,45H2,1-3H3;1-2H3;1-2H3/b7-6-,22-4+;;. The third-order valence-corrected chi connectivity index (χ3v) is 8.28. The van der Waals surface area contributed by atoms with Gasteiger partial charge >= 0.3 is 12.2 Å². The van der Waals surface area contributed by atoms with Gasteiger partial charge in [0.05, 0.1) is 36.9 Å². The van der Waals surface area contributed by atoms with Crippen molar-refractivity contribution in [3.63, 3.8) is 0 Å². The van der Waals surface area contributed by atoms with Crippen LogP contribution in [-0.4, -0.2) is 91.7 Å². The highest BCUT2D eigenvalue weighted by molar-refractivity contribution is 7.27. The number of hydrogen-bond acceptors (Lipinski definition) is 7. The summed E-state index contributed by atoms with van der Waals surface area (Å²) >= 11 is 0. The minimum atomic E-state index is -4.59. The lowest BCUT2D eigenvalue weighted by Crippen LogP contribution is -2.54. The number of Topliss-reactive ketones (excluding diaryl/α,β-unsaturated/α-hetero) is 1. The van der Waals surface area contributed by atoms with Gasteiger partial charge in [-0.15, -0.1) is 9.24 Å². The molecule has 276 valence electrons. The van der Waals surface area contributed by atoms with Crippen molar-refractivity contribution in [3.8, 4) is 5.75 Å². The zero-order valence-electron chi connectivity index (χ0n) is 30.1. The van der Waals surface area contributed by atoms with Crippen molar-refractivity contribution in [2.24, 2.45) is 4.99 Å². The van der Waals surface area contributed by atoms with E-state index in [9.17, 15) is 27.9 Å². The van der Waals surface area contributed by atoms with Crippen molar-refractivity contribution < 1.29 is 37.3 Å². The molecule has 0 saturated carbocycles. The van der Waals surface area contributed by atoms with Crippen molar-refractivity contribution in [1.82, 2.24) is 15.1 Å². The number of aliphatic hydroxyl groups excluding tert-OH is 1. The molecule has 50 heavy (non-hydrogen) atoms. The number of ketones is 1. The molecule has 2 heterocycles. The number of halogens is 3. The molecule has 1 fully saturated rings. The number of nitrogens with one attached hydrogen (secondary N) is 1. The Kier molecular flexibility index (Phi) is 17.8. The lowest BCUT2D eigenvalue weighted by atomic mass is 9.92. The summed E-state index contributed by atoms with van der Waals surface area (Å²) in [5.41, 5.74) is 0.926. The maximum absolute atomic E-state index is 14.6. The molecular formula is C37H52F3N4O5P. The van der Waals surface area contributed by atoms with Gasteiger partial charge in [0.1, 0.15) is 23.4 Å². The van der Waals surface area contributed by atoms with Crippen molar-refractivity contribution in [2.75, 3.05) is 47.1 Å². The Balaban J connectivity index is 0.00000164. The van der Waals surface area contributed by atoms with Crippen LogP contribution < -0.4 is 15.4 Å². The van der Waals surface area contributed by atoms with E-state index in [1.54, 1.807) is 43.1 Å². The second-order valence-corrected chi connectivity index (χ2v) is 12.1. The Labute approximate surface area is 296 Å². The molecule has 9 nitrogen and oxygen atoms in total. The molecule has 2 aromatic carbocycles.